The van der Waals surface area contributed by atoms with Crippen molar-refractivity contribution in [2.75, 3.05) is 13.1 Å². The molecular weight excluding hydrogens is 372 g/mol. The van der Waals surface area contributed by atoms with Gasteiger partial charge in [0.05, 0.1) is 30.3 Å². The van der Waals surface area contributed by atoms with E-state index in [1.165, 1.54) is 18.5 Å². The van der Waals surface area contributed by atoms with Gasteiger partial charge < -0.3 is 11.1 Å². The molecule has 0 aliphatic carbocycles. The van der Waals surface area contributed by atoms with Crippen molar-refractivity contribution in [1.82, 2.24) is 10.6 Å². The summed E-state index contributed by atoms with van der Waals surface area (Å²) in [5.41, 5.74) is 6.06. The second-order valence-electron chi connectivity index (χ2n) is 8.25. The van der Waals surface area contributed by atoms with Gasteiger partial charge in [-0.15, -0.1) is 0 Å². The van der Waals surface area contributed by atoms with E-state index in [9.17, 15) is 8.78 Å². The highest BCUT2D eigenvalue weighted by atomic mass is 19.1. The van der Waals surface area contributed by atoms with Gasteiger partial charge in [0.1, 0.15) is 5.83 Å². The lowest BCUT2D eigenvalue weighted by molar-refractivity contribution is 0.311. The average Bonchev–Trinajstić information content (AvgIpc) is 2.76. The maximum Gasteiger partial charge on any atom is 0.160 e. The third-order valence-corrected chi connectivity index (χ3v) is 5.43. The van der Waals surface area contributed by atoms with Crippen LogP contribution in [0.5, 0.6) is 0 Å². The first-order chi connectivity index (χ1) is 13.7. The molecule has 3 atom stereocenters. The molecule has 0 aromatic carbocycles. The first-order valence-electron chi connectivity index (χ1n) is 10.7. The standard InChI is InChI=1S/C22H39F2N5/c1-6-10-22(5,11-7-2)29-15-21(25)20(24)14-26-16(3)18-8-9-19(23)13-28-17(4)27-12-18/h9,13-14,16-18,27,29H,6-8,10-12,15,25H2,1-5H3/b19-9+,21-20+,26-14-,28-13-/t16?,17-,18?/m1/s1. The van der Waals surface area contributed by atoms with Crippen LogP contribution < -0.4 is 16.4 Å². The zero-order chi connectivity index (χ0) is 21.9. The summed E-state index contributed by atoms with van der Waals surface area (Å²) in [6.45, 7) is 11.1. The molecule has 0 spiro atoms. The Morgan fingerprint density at radius 2 is 2.10 bits per heavy atom. The summed E-state index contributed by atoms with van der Waals surface area (Å²) in [4.78, 5) is 8.41. The van der Waals surface area contributed by atoms with Crippen LogP contribution in [0, 0.1) is 5.92 Å². The van der Waals surface area contributed by atoms with Crippen LogP contribution in [0.4, 0.5) is 8.78 Å². The maximum absolute atomic E-state index is 14.5. The normalized spacial score (nSPS) is 26.1. The van der Waals surface area contributed by atoms with E-state index in [2.05, 4.69) is 41.4 Å². The monoisotopic (exact) mass is 411 g/mol. The average molecular weight is 412 g/mol. The van der Waals surface area contributed by atoms with Crippen LogP contribution in [0.2, 0.25) is 0 Å². The highest BCUT2D eigenvalue weighted by Crippen LogP contribution is 2.19. The summed E-state index contributed by atoms with van der Waals surface area (Å²) >= 11 is 0. The molecule has 0 aromatic heterocycles. The molecule has 1 aliphatic heterocycles. The Balaban J connectivity index is 2.72. The summed E-state index contributed by atoms with van der Waals surface area (Å²) in [5.74, 6) is -0.842. The van der Waals surface area contributed by atoms with Crippen LogP contribution in [0.3, 0.4) is 0 Å². The van der Waals surface area contributed by atoms with E-state index in [4.69, 9.17) is 5.73 Å². The molecule has 0 bridgehead atoms. The second-order valence-corrected chi connectivity index (χ2v) is 8.25. The number of nitrogens with zero attached hydrogens (tertiary/aromatic N) is 2. The van der Waals surface area contributed by atoms with Crippen LogP contribution >= 0.6 is 0 Å². The van der Waals surface area contributed by atoms with E-state index >= 15 is 0 Å². The fraction of sp³-hybridized carbons (Fsp3) is 0.727. The number of nitrogens with two attached hydrogens (primary N) is 1. The molecule has 0 radical (unpaired) electrons. The minimum Gasteiger partial charge on any atom is -0.399 e. The van der Waals surface area contributed by atoms with Crippen molar-refractivity contribution < 1.29 is 8.78 Å². The van der Waals surface area contributed by atoms with Crippen LogP contribution in [-0.2, 0) is 0 Å². The van der Waals surface area contributed by atoms with Crippen molar-refractivity contribution in [3.8, 4) is 0 Å². The largest absolute Gasteiger partial charge is 0.399 e. The highest BCUT2D eigenvalue weighted by Gasteiger charge is 2.22. The van der Waals surface area contributed by atoms with Gasteiger partial charge >= 0.3 is 0 Å². The van der Waals surface area contributed by atoms with E-state index in [0.717, 1.165) is 25.7 Å². The third kappa shape index (κ3) is 9.63. The van der Waals surface area contributed by atoms with Gasteiger partial charge in [-0.05, 0) is 52.0 Å². The summed E-state index contributed by atoms with van der Waals surface area (Å²) < 4.78 is 28.1. The molecule has 0 aromatic rings. The predicted molar refractivity (Wildman–Crippen MR) is 120 cm³/mol. The Morgan fingerprint density at radius 1 is 1.45 bits per heavy atom. The highest BCUT2D eigenvalue weighted by molar-refractivity contribution is 5.77. The SMILES string of the molecule is CCCC(C)(CCC)NC/C(N)=C(F)/C=N\C(C)C1C/C=C(F)\C=N/[C@H](C)NC1. The second kappa shape index (κ2) is 12.9. The van der Waals surface area contributed by atoms with Gasteiger partial charge in [0, 0.05) is 18.6 Å². The fourth-order valence-electron chi connectivity index (χ4n) is 3.51. The van der Waals surface area contributed by atoms with Crippen molar-refractivity contribution in [1.29, 1.82) is 0 Å². The minimum atomic E-state index is -0.519. The van der Waals surface area contributed by atoms with Gasteiger partial charge in [-0.1, -0.05) is 26.7 Å². The number of halogens is 2. The third-order valence-electron chi connectivity index (χ3n) is 5.43. The van der Waals surface area contributed by atoms with E-state index in [-0.39, 0.29) is 41.7 Å². The van der Waals surface area contributed by atoms with Crippen LogP contribution in [0.1, 0.15) is 66.7 Å². The molecule has 0 amide bonds. The van der Waals surface area contributed by atoms with Gasteiger partial charge in [0.25, 0.3) is 0 Å². The first kappa shape index (κ1) is 25.4. The molecule has 1 rings (SSSR count). The number of nitrogens with one attached hydrogen (secondary N) is 2. The van der Waals surface area contributed by atoms with Gasteiger partial charge in [-0.25, -0.2) is 8.78 Å². The van der Waals surface area contributed by atoms with E-state index in [0.29, 0.717) is 13.0 Å². The summed E-state index contributed by atoms with van der Waals surface area (Å²) in [6, 6.07) is -0.186. The molecule has 29 heavy (non-hydrogen) atoms. The summed E-state index contributed by atoms with van der Waals surface area (Å²) in [6.07, 6.45) is 8.41. The van der Waals surface area contributed by atoms with Gasteiger partial charge in [0.15, 0.2) is 5.83 Å². The predicted octanol–water partition coefficient (Wildman–Crippen LogP) is 4.41. The van der Waals surface area contributed by atoms with E-state index in [1.807, 2.05) is 13.8 Å². The zero-order valence-corrected chi connectivity index (χ0v) is 18.6. The molecule has 2 unspecified atom stereocenters. The Bertz CT molecular complexity index is 606. The van der Waals surface area contributed by atoms with Crippen LogP contribution in [0.15, 0.2) is 33.4 Å². The lowest BCUT2D eigenvalue weighted by Crippen LogP contribution is -2.44. The smallest absolute Gasteiger partial charge is 0.160 e. The van der Waals surface area contributed by atoms with Crippen molar-refractivity contribution in [3.05, 3.63) is 23.4 Å². The number of hydrogen-bond donors (Lipinski definition) is 3. The lowest BCUT2D eigenvalue weighted by Gasteiger charge is -2.30. The molecule has 1 heterocycles. The Morgan fingerprint density at radius 3 is 2.72 bits per heavy atom. The van der Waals surface area contributed by atoms with Gasteiger partial charge in [-0.3, -0.25) is 15.3 Å². The van der Waals surface area contributed by atoms with Gasteiger partial charge in [0.2, 0.25) is 0 Å². The molecule has 4 N–H and O–H groups in total. The van der Waals surface area contributed by atoms with E-state index in [1.54, 1.807) is 0 Å². The molecular formula is C22H39F2N5. The van der Waals surface area contributed by atoms with Crippen LogP contribution in [0.25, 0.3) is 0 Å². The Hall–Kier alpha value is -1.60. The molecule has 0 fully saturated rings. The fourth-order valence-corrected chi connectivity index (χ4v) is 3.51. The summed E-state index contributed by atoms with van der Waals surface area (Å²) in [7, 11) is 0. The van der Waals surface area contributed by atoms with E-state index < -0.39 is 5.83 Å². The number of rotatable bonds is 10. The molecule has 5 nitrogen and oxygen atoms in total. The van der Waals surface area contributed by atoms with Gasteiger partial charge in [-0.2, -0.15) is 0 Å². The number of allylic oxidation sites excluding steroid dienone is 3. The molecule has 1 aliphatic rings. The first-order valence-corrected chi connectivity index (χ1v) is 10.7. The lowest BCUT2D eigenvalue weighted by atomic mass is 9.91. The Kier molecular flexibility index (Phi) is 11.3. The molecule has 7 heteroatoms. The number of aliphatic imine (C=N–C) groups is 2. The minimum absolute atomic E-state index is 0.0331. The molecule has 0 saturated carbocycles. The zero-order valence-electron chi connectivity index (χ0n) is 18.6. The van der Waals surface area contributed by atoms with Crippen molar-refractivity contribution >= 4 is 12.4 Å². The molecule has 0 saturated heterocycles. The van der Waals surface area contributed by atoms with Crippen molar-refractivity contribution in [3.63, 3.8) is 0 Å². The topological polar surface area (TPSA) is 74.8 Å². The van der Waals surface area contributed by atoms with Crippen molar-refractivity contribution in [2.24, 2.45) is 21.6 Å². The van der Waals surface area contributed by atoms with Crippen LogP contribution in [-0.4, -0.2) is 43.3 Å². The Labute approximate surface area is 175 Å². The quantitative estimate of drug-likeness (QED) is 0.466. The molecule has 166 valence electrons. The maximum atomic E-state index is 14.5. The number of hydrogen-bond acceptors (Lipinski definition) is 5. The van der Waals surface area contributed by atoms with Crippen molar-refractivity contribution in [2.45, 2.75) is 84.5 Å². The summed E-state index contributed by atoms with van der Waals surface area (Å²) in [5, 5.41) is 6.64.